The molecule has 0 radical (unpaired) electrons. The molecule has 0 saturated heterocycles. The zero-order valence-corrected chi connectivity index (χ0v) is 7.23. The largest absolute Gasteiger partial charge is 0.533 e. The molecule has 1 heterocycles. The fraction of sp³-hybridized carbons (Fsp3) is 0. The first-order valence-corrected chi connectivity index (χ1v) is 3.62. The van der Waals surface area contributed by atoms with Gasteiger partial charge in [0.2, 0.25) is 5.82 Å². The molecule has 2 N–H and O–H groups in total. The van der Waals surface area contributed by atoms with E-state index < -0.39 is 12.3 Å². The Kier molecular flexibility index (Phi) is 3.28. The van der Waals surface area contributed by atoms with Gasteiger partial charge in [0, 0.05) is 6.20 Å². The third kappa shape index (κ3) is 3.38. The molecule has 0 amide bonds. The normalized spacial score (nSPS) is 9.07. The van der Waals surface area contributed by atoms with Crippen LogP contribution in [0.5, 0.6) is 0 Å². The van der Waals surface area contributed by atoms with Crippen molar-refractivity contribution < 1.29 is 29.5 Å². The molecule has 1 aromatic heterocycles. The van der Waals surface area contributed by atoms with E-state index in [2.05, 4.69) is 14.7 Å². The van der Waals surface area contributed by atoms with Crippen molar-refractivity contribution in [1.29, 1.82) is 0 Å². The SMILES string of the molecule is O=C(O)ON(OC(=O)O)c1ccccn1. The Morgan fingerprint density at radius 3 is 2.20 bits per heavy atom. The van der Waals surface area contributed by atoms with Gasteiger partial charge >= 0.3 is 12.3 Å². The summed E-state index contributed by atoms with van der Waals surface area (Å²) >= 11 is 0. The van der Waals surface area contributed by atoms with Crippen molar-refractivity contribution in [2.24, 2.45) is 0 Å². The van der Waals surface area contributed by atoms with Crippen LogP contribution in [0.4, 0.5) is 15.4 Å². The minimum Gasteiger partial charge on any atom is -0.448 e. The summed E-state index contributed by atoms with van der Waals surface area (Å²) in [5.41, 5.74) is 0. The maximum atomic E-state index is 10.2. The van der Waals surface area contributed by atoms with Gasteiger partial charge in [0.1, 0.15) is 0 Å². The fourth-order valence-electron chi connectivity index (χ4n) is 0.716. The molecular weight excluding hydrogens is 208 g/mol. The van der Waals surface area contributed by atoms with E-state index in [1.54, 1.807) is 6.07 Å². The standard InChI is InChI=1S/C7H6N2O6/c10-6(11)14-9(15-7(12)13)5-3-1-2-4-8-5/h1-4H,(H,10,11)(H,12,13). The molecule has 15 heavy (non-hydrogen) atoms. The molecular formula is C7H6N2O6. The molecule has 0 spiro atoms. The summed E-state index contributed by atoms with van der Waals surface area (Å²) in [6, 6.07) is 4.38. The molecule has 80 valence electrons. The minimum absolute atomic E-state index is 0.109. The van der Waals surface area contributed by atoms with Crippen LogP contribution in [0.2, 0.25) is 0 Å². The third-order valence-electron chi connectivity index (χ3n) is 1.16. The van der Waals surface area contributed by atoms with Gasteiger partial charge in [-0.1, -0.05) is 6.07 Å². The van der Waals surface area contributed by atoms with E-state index in [1.165, 1.54) is 18.3 Å². The number of carbonyl (C=O) groups is 2. The first-order chi connectivity index (χ1) is 7.09. The Balaban J connectivity index is 2.81. The van der Waals surface area contributed by atoms with E-state index in [4.69, 9.17) is 10.2 Å². The van der Waals surface area contributed by atoms with Crippen molar-refractivity contribution >= 4 is 18.1 Å². The molecule has 0 aliphatic carbocycles. The monoisotopic (exact) mass is 214 g/mol. The summed E-state index contributed by atoms with van der Waals surface area (Å²) < 4.78 is 0. The number of hydrogen-bond donors (Lipinski definition) is 2. The number of rotatable bonds is 3. The van der Waals surface area contributed by atoms with Gasteiger partial charge < -0.3 is 10.2 Å². The topological polar surface area (TPSA) is 109 Å². The number of nitrogens with zero attached hydrogens (tertiary/aromatic N) is 2. The van der Waals surface area contributed by atoms with Crippen LogP contribution in [0.3, 0.4) is 0 Å². The van der Waals surface area contributed by atoms with Gasteiger partial charge in [-0.05, 0) is 17.4 Å². The lowest BCUT2D eigenvalue weighted by molar-refractivity contribution is -0.0466. The summed E-state index contributed by atoms with van der Waals surface area (Å²) in [6.07, 6.45) is -2.12. The highest BCUT2D eigenvalue weighted by molar-refractivity contribution is 5.61. The van der Waals surface area contributed by atoms with Crippen LogP contribution in [0, 0.1) is 0 Å². The van der Waals surface area contributed by atoms with E-state index >= 15 is 0 Å². The minimum atomic E-state index is -1.72. The van der Waals surface area contributed by atoms with Crippen LogP contribution in [-0.2, 0) is 9.68 Å². The molecule has 0 atom stereocenters. The van der Waals surface area contributed by atoms with Gasteiger partial charge in [-0.2, -0.15) is 0 Å². The molecule has 1 aromatic rings. The summed E-state index contributed by atoms with van der Waals surface area (Å²) in [5, 5.41) is 16.8. The highest BCUT2D eigenvalue weighted by Crippen LogP contribution is 2.10. The van der Waals surface area contributed by atoms with Crippen molar-refractivity contribution in [2.45, 2.75) is 0 Å². The van der Waals surface area contributed by atoms with Gasteiger partial charge in [-0.3, -0.25) is 9.68 Å². The van der Waals surface area contributed by atoms with Crippen LogP contribution >= 0.6 is 0 Å². The van der Waals surface area contributed by atoms with Gasteiger partial charge in [0.25, 0.3) is 0 Å². The van der Waals surface area contributed by atoms with Crippen molar-refractivity contribution in [3.63, 3.8) is 0 Å². The molecule has 8 nitrogen and oxygen atoms in total. The molecule has 0 fully saturated rings. The van der Waals surface area contributed by atoms with Crippen molar-refractivity contribution in [2.75, 3.05) is 5.23 Å². The molecule has 0 bridgehead atoms. The Morgan fingerprint density at radius 2 is 1.80 bits per heavy atom. The van der Waals surface area contributed by atoms with Gasteiger partial charge in [0.05, 0.1) is 0 Å². The van der Waals surface area contributed by atoms with E-state index in [0.717, 1.165) is 0 Å². The number of anilines is 1. The zero-order chi connectivity index (χ0) is 11.3. The Morgan fingerprint density at radius 1 is 1.20 bits per heavy atom. The molecule has 0 unspecified atom stereocenters. The number of pyridine rings is 1. The zero-order valence-electron chi connectivity index (χ0n) is 7.23. The molecule has 1 rings (SSSR count). The molecule has 0 saturated carbocycles. The second-order valence-electron chi connectivity index (χ2n) is 2.16. The van der Waals surface area contributed by atoms with Gasteiger partial charge in [-0.15, -0.1) is 0 Å². The molecule has 0 aromatic carbocycles. The quantitative estimate of drug-likeness (QED) is 0.720. The average molecular weight is 214 g/mol. The maximum absolute atomic E-state index is 10.2. The number of carboxylic acid groups (broad SMARTS) is 2. The van der Waals surface area contributed by atoms with Crippen LogP contribution < -0.4 is 5.23 Å². The fourth-order valence-corrected chi connectivity index (χ4v) is 0.716. The predicted octanol–water partition coefficient (Wildman–Crippen LogP) is 1.11. The summed E-state index contributed by atoms with van der Waals surface area (Å²) in [7, 11) is 0. The first kappa shape index (κ1) is 10.6. The molecule has 0 aliphatic heterocycles. The van der Waals surface area contributed by atoms with Gasteiger partial charge in [0.15, 0.2) is 0 Å². The van der Waals surface area contributed by atoms with Crippen LogP contribution in [0.25, 0.3) is 0 Å². The van der Waals surface area contributed by atoms with Crippen molar-refractivity contribution in [3.05, 3.63) is 24.4 Å². The lowest BCUT2D eigenvalue weighted by Gasteiger charge is -2.15. The van der Waals surface area contributed by atoms with Gasteiger partial charge in [-0.25, -0.2) is 14.6 Å². The lowest BCUT2D eigenvalue weighted by atomic mass is 10.5. The third-order valence-corrected chi connectivity index (χ3v) is 1.16. The molecule has 8 heteroatoms. The lowest BCUT2D eigenvalue weighted by Crippen LogP contribution is -2.29. The van der Waals surface area contributed by atoms with E-state index in [1.807, 2.05) is 0 Å². The van der Waals surface area contributed by atoms with Crippen molar-refractivity contribution in [1.82, 2.24) is 4.98 Å². The Bertz CT molecular complexity index is 338. The summed E-state index contributed by atoms with van der Waals surface area (Å²) in [4.78, 5) is 32.1. The van der Waals surface area contributed by atoms with Crippen LogP contribution in [0.15, 0.2) is 24.4 Å². The highest BCUT2D eigenvalue weighted by atomic mass is 17.0. The van der Waals surface area contributed by atoms with E-state index in [9.17, 15) is 9.59 Å². The highest BCUT2D eigenvalue weighted by Gasteiger charge is 2.17. The van der Waals surface area contributed by atoms with Crippen LogP contribution in [0.1, 0.15) is 0 Å². The summed E-state index contributed by atoms with van der Waals surface area (Å²) in [6.45, 7) is 0. The van der Waals surface area contributed by atoms with Crippen LogP contribution in [-0.4, -0.2) is 27.5 Å². The Hall–Kier alpha value is -2.51. The maximum Gasteiger partial charge on any atom is 0.533 e. The Labute approximate surface area is 83.2 Å². The second-order valence-corrected chi connectivity index (χ2v) is 2.16. The molecule has 0 aliphatic rings. The van der Waals surface area contributed by atoms with E-state index in [-0.39, 0.29) is 11.0 Å². The number of aromatic nitrogens is 1. The van der Waals surface area contributed by atoms with E-state index in [0.29, 0.717) is 0 Å². The first-order valence-electron chi connectivity index (χ1n) is 3.62. The summed E-state index contributed by atoms with van der Waals surface area (Å²) in [5.74, 6) is -0.109. The number of hydrogen-bond acceptors (Lipinski definition) is 6. The predicted molar refractivity (Wildman–Crippen MR) is 44.9 cm³/mol. The van der Waals surface area contributed by atoms with Crippen molar-refractivity contribution in [3.8, 4) is 0 Å². The second kappa shape index (κ2) is 4.65. The average Bonchev–Trinajstić information content (AvgIpc) is 2.17. The smallest absolute Gasteiger partial charge is 0.448 e.